The molecule has 1 heterocycles. The minimum Gasteiger partial charge on any atom is -0.508 e. The standard InChI is InChI=1S/C29H29NO6/c1-5-36-24-15-8-19(16-23(24)17(2)3)27(32)25-26(18-6-11-21(31)12-7-18)30(29(34)28(25)33)20-9-13-22(35-4)14-10-20/h6-17,26,31-32H,5H2,1-4H3/b27-25-. The maximum Gasteiger partial charge on any atom is 0.300 e. The highest BCUT2D eigenvalue weighted by Gasteiger charge is 2.47. The van der Waals surface area contributed by atoms with E-state index in [1.165, 1.54) is 17.0 Å². The summed E-state index contributed by atoms with van der Waals surface area (Å²) in [5.41, 5.74) is 2.31. The molecule has 0 bridgehead atoms. The summed E-state index contributed by atoms with van der Waals surface area (Å²) in [6.45, 7) is 6.43. The predicted molar refractivity (Wildman–Crippen MR) is 138 cm³/mol. The van der Waals surface area contributed by atoms with Crippen molar-refractivity contribution in [2.45, 2.75) is 32.7 Å². The molecule has 0 aromatic heterocycles. The number of nitrogens with zero attached hydrogens (tertiary/aromatic N) is 1. The van der Waals surface area contributed by atoms with Crippen LogP contribution in [0.3, 0.4) is 0 Å². The second-order valence-electron chi connectivity index (χ2n) is 8.80. The Bertz CT molecular complexity index is 1310. The zero-order valence-electron chi connectivity index (χ0n) is 20.7. The third-order valence-electron chi connectivity index (χ3n) is 6.21. The van der Waals surface area contributed by atoms with E-state index in [-0.39, 0.29) is 23.0 Å². The van der Waals surface area contributed by atoms with Gasteiger partial charge in [0.2, 0.25) is 0 Å². The lowest BCUT2D eigenvalue weighted by Crippen LogP contribution is -2.29. The molecule has 3 aromatic rings. The highest BCUT2D eigenvalue weighted by Crippen LogP contribution is 2.43. The number of rotatable bonds is 7. The lowest BCUT2D eigenvalue weighted by molar-refractivity contribution is -0.132. The number of methoxy groups -OCH3 is 1. The smallest absolute Gasteiger partial charge is 0.300 e. The third-order valence-corrected chi connectivity index (χ3v) is 6.21. The fraction of sp³-hybridized carbons (Fsp3) is 0.241. The van der Waals surface area contributed by atoms with Crippen molar-refractivity contribution in [1.82, 2.24) is 0 Å². The number of aliphatic hydroxyl groups excluding tert-OH is 1. The van der Waals surface area contributed by atoms with E-state index in [2.05, 4.69) is 0 Å². The van der Waals surface area contributed by atoms with E-state index in [9.17, 15) is 19.8 Å². The van der Waals surface area contributed by atoms with E-state index in [0.29, 0.717) is 34.9 Å². The minimum absolute atomic E-state index is 0.0274. The Morgan fingerprint density at radius 3 is 2.25 bits per heavy atom. The van der Waals surface area contributed by atoms with Gasteiger partial charge in [-0.15, -0.1) is 0 Å². The van der Waals surface area contributed by atoms with Gasteiger partial charge in [-0.25, -0.2) is 0 Å². The number of carbonyl (C=O) groups excluding carboxylic acids is 2. The lowest BCUT2D eigenvalue weighted by atomic mass is 9.93. The van der Waals surface area contributed by atoms with Gasteiger partial charge in [0.25, 0.3) is 11.7 Å². The topological polar surface area (TPSA) is 96.3 Å². The van der Waals surface area contributed by atoms with Gasteiger partial charge in [0.15, 0.2) is 0 Å². The van der Waals surface area contributed by atoms with Gasteiger partial charge in [-0.05, 0) is 78.6 Å². The number of benzene rings is 3. The quantitative estimate of drug-likeness (QED) is 0.258. The number of phenolic OH excluding ortho intramolecular Hbond substituents is 1. The molecule has 4 rings (SSSR count). The molecule has 1 aliphatic heterocycles. The molecule has 2 N–H and O–H groups in total. The summed E-state index contributed by atoms with van der Waals surface area (Å²) in [4.78, 5) is 28.0. The first-order chi connectivity index (χ1) is 17.3. The van der Waals surface area contributed by atoms with Crippen LogP contribution in [-0.2, 0) is 9.59 Å². The molecule has 7 nitrogen and oxygen atoms in total. The molecule has 1 unspecified atom stereocenters. The molecular weight excluding hydrogens is 458 g/mol. The molecule has 1 aliphatic rings. The number of carbonyl (C=O) groups is 2. The number of hydrogen-bond acceptors (Lipinski definition) is 6. The summed E-state index contributed by atoms with van der Waals surface area (Å²) >= 11 is 0. The molecule has 0 aliphatic carbocycles. The monoisotopic (exact) mass is 487 g/mol. The van der Waals surface area contributed by atoms with Gasteiger partial charge >= 0.3 is 0 Å². The molecule has 1 amide bonds. The molecule has 0 radical (unpaired) electrons. The van der Waals surface area contributed by atoms with Crippen molar-refractivity contribution in [1.29, 1.82) is 0 Å². The zero-order valence-corrected chi connectivity index (χ0v) is 20.7. The number of Topliss-reactive ketones (excluding diaryl/α,β-unsaturated/α-hetero) is 1. The van der Waals surface area contributed by atoms with Crippen LogP contribution in [0.5, 0.6) is 17.2 Å². The Hall–Kier alpha value is -4.26. The molecule has 0 spiro atoms. The Labute approximate surface area is 210 Å². The second-order valence-corrected chi connectivity index (χ2v) is 8.80. The van der Waals surface area contributed by atoms with Gasteiger partial charge in [0.05, 0.1) is 25.3 Å². The van der Waals surface area contributed by atoms with Crippen LogP contribution in [0, 0.1) is 0 Å². The maximum absolute atomic E-state index is 13.4. The number of hydrogen-bond donors (Lipinski definition) is 2. The zero-order chi connectivity index (χ0) is 26.0. The van der Waals surface area contributed by atoms with Gasteiger partial charge in [0.1, 0.15) is 23.0 Å². The summed E-state index contributed by atoms with van der Waals surface area (Å²) < 4.78 is 11.0. The highest BCUT2D eigenvalue weighted by molar-refractivity contribution is 6.51. The van der Waals surface area contributed by atoms with E-state index >= 15 is 0 Å². The van der Waals surface area contributed by atoms with Crippen LogP contribution in [0.2, 0.25) is 0 Å². The largest absolute Gasteiger partial charge is 0.508 e. The van der Waals surface area contributed by atoms with Crippen LogP contribution in [0.4, 0.5) is 5.69 Å². The Morgan fingerprint density at radius 1 is 1.00 bits per heavy atom. The molecule has 3 aromatic carbocycles. The van der Waals surface area contributed by atoms with Crippen molar-refractivity contribution in [2.24, 2.45) is 0 Å². The first-order valence-electron chi connectivity index (χ1n) is 11.8. The summed E-state index contributed by atoms with van der Waals surface area (Å²) in [5.74, 6) is -0.351. The van der Waals surface area contributed by atoms with E-state index in [0.717, 1.165) is 5.56 Å². The first-order valence-corrected chi connectivity index (χ1v) is 11.8. The Morgan fingerprint density at radius 2 is 1.67 bits per heavy atom. The summed E-state index contributed by atoms with van der Waals surface area (Å²) in [6.07, 6.45) is 0. The van der Waals surface area contributed by atoms with Crippen LogP contribution >= 0.6 is 0 Å². The normalized spacial score (nSPS) is 17.0. The Balaban J connectivity index is 1.91. The number of ketones is 1. The average molecular weight is 488 g/mol. The Kier molecular flexibility index (Phi) is 7.01. The van der Waals surface area contributed by atoms with Gasteiger partial charge in [-0.3, -0.25) is 14.5 Å². The van der Waals surface area contributed by atoms with E-state index in [1.807, 2.05) is 20.8 Å². The first kappa shape index (κ1) is 24.9. The molecule has 186 valence electrons. The van der Waals surface area contributed by atoms with Gasteiger partial charge in [-0.2, -0.15) is 0 Å². The molecule has 1 atom stereocenters. The van der Waals surface area contributed by atoms with E-state index in [1.54, 1.807) is 61.7 Å². The molecule has 36 heavy (non-hydrogen) atoms. The minimum atomic E-state index is -0.895. The molecule has 1 saturated heterocycles. The fourth-order valence-corrected chi connectivity index (χ4v) is 4.40. The van der Waals surface area contributed by atoms with Gasteiger partial charge in [0, 0.05) is 11.3 Å². The van der Waals surface area contributed by atoms with Gasteiger partial charge in [-0.1, -0.05) is 26.0 Å². The third kappa shape index (κ3) is 4.52. The van der Waals surface area contributed by atoms with Crippen LogP contribution in [0.25, 0.3) is 5.76 Å². The predicted octanol–water partition coefficient (Wildman–Crippen LogP) is 5.55. The number of aromatic hydroxyl groups is 1. The molecular formula is C29H29NO6. The summed E-state index contributed by atoms with van der Waals surface area (Å²) in [5, 5.41) is 21.3. The van der Waals surface area contributed by atoms with Crippen LogP contribution in [0.1, 0.15) is 49.4 Å². The lowest BCUT2D eigenvalue weighted by Gasteiger charge is -2.25. The number of aliphatic hydroxyl groups is 1. The summed E-state index contributed by atoms with van der Waals surface area (Å²) in [7, 11) is 1.54. The van der Waals surface area contributed by atoms with Crippen molar-refractivity contribution in [3.8, 4) is 17.2 Å². The van der Waals surface area contributed by atoms with Crippen molar-refractivity contribution >= 4 is 23.1 Å². The molecule has 7 heteroatoms. The van der Waals surface area contributed by atoms with E-state index in [4.69, 9.17) is 9.47 Å². The van der Waals surface area contributed by atoms with Crippen LogP contribution in [0.15, 0.2) is 72.3 Å². The van der Waals surface area contributed by atoms with Crippen molar-refractivity contribution in [2.75, 3.05) is 18.6 Å². The van der Waals surface area contributed by atoms with Crippen LogP contribution < -0.4 is 14.4 Å². The van der Waals surface area contributed by atoms with Crippen LogP contribution in [-0.4, -0.2) is 35.6 Å². The number of amides is 1. The van der Waals surface area contributed by atoms with Gasteiger partial charge < -0.3 is 19.7 Å². The maximum atomic E-state index is 13.4. The number of ether oxygens (including phenoxy) is 2. The van der Waals surface area contributed by atoms with E-state index < -0.39 is 17.7 Å². The molecule has 0 saturated carbocycles. The number of anilines is 1. The number of phenols is 1. The molecule has 1 fully saturated rings. The van der Waals surface area contributed by atoms with Crippen molar-refractivity contribution in [3.63, 3.8) is 0 Å². The SMILES string of the molecule is CCOc1ccc(/C(O)=C2/C(=O)C(=O)N(c3ccc(OC)cc3)C2c2ccc(O)cc2)cc1C(C)C. The fourth-order valence-electron chi connectivity index (χ4n) is 4.40. The van der Waals surface area contributed by atoms with Crippen molar-refractivity contribution < 1.29 is 29.3 Å². The van der Waals surface area contributed by atoms with Crippen molar-refractivity contribution in [3.05, 3.63) is 89.0 Å². The highest BCUT2D eigenvalue weighted by atomic mass is 16.5. The second kappa shape index (κ2) is 10.2. The average Bonchev–Trinajstić information content (AvgIpc) is 3.14. The summed E-state index contributed by atoms with van der Waals surface area (Å²) in [6, 6.07) is 17.3.